The number of aryl methyl sites for hydroxylation is 1. The van der Waals surface area contributed by atoms with Gasteiger partial charge in [-0.2, -0.15) is 0 Å². The van der Waals surface area contributed by atoms with Gasteiger partial charge in [-0.1, -0.05) is 11.6 Å². The molecular weight excluding hydrogens is 318 g/mol. The highest BCUT2D eigenvalue weighted by Gasteiger charge is 2.26. The van der Waals surface area contributed by atoms with Crippen LogP contribution in [0.25, 0.3) is 5.69 Å². The molecule has 0 saturated carbocycles. The van der Waals surface area contributed by atoms with Crippen molar-refractivity contribution < 1.29 is 14.4 Å². The van der Waals surface area contributed by atoms with Crippen molar-refractivity contribution in [1.82, 2.24) is 9.90 Å². The van der Waals surface area contributed by atoms with E-state index in [9.17, 15) is 10.0 Å². The summed E-state index contributed by atoms with van der Waals surface area (Å²) in [6.07, 6.45) is 3.32. The normalized spacial score (nSPS) is 13.9. The van der Waals surface area contributed by atoms with Gasteiger partial charge in [0, 0.05) is 17.9 Å². The van der Waals surface area contributed by atoms with Crippen LogP contribution in [0, 0.1) is 5.21 Å². The van der Waals surface area contributed by atoms with Gasteiger partial charge in [0.25, 0.3) is 0 Å². The highest BCUT2D eigenvalue weighted by atomic mass is 35.5. The van der Waals surface area contributed by atoms with E-state index in [0.29, 0.717) is 11.4 Å². The summed E-state index contributed by atoms with van der Waals surface area (Å²) < 4.78 is 5.18. The van der Waals surface area contributed by atoms with E-state index in [1.807, 2.05) is 0 Å². The minimum atomic E-state index is -0.513. The molecule has 7 heteroatoms. The van der Waals surface area contributed by atoms with Crippen molar-refractivity contribution >= 4 is 17.6 Å². The van der Waals surface area contributed by atoms with E-state index in [1.54, 1.807) is 32.0 Å². The minimum Gasteiger partial charge on any atom is -0.692 e. The maximum absolute atomic E-state index is 12.4. The SMILES string of the molecule is CC(C)OC(=O)c1cc(-n2nc3c([n+]2[O-])CCCC3)ccc1Cl. The first-order valence-corrected chi connectivity index (χ1v) is 8.06. The lowest BCUT2D eigenvalue weighted by molar-refractivity contribution is -0.695. The van der Waals surface area contributed by atoms with Gasteiger partial charge in [0.05, 0.1) is 16.7 Å². The molecule has 0 fully saturated rings. The number of rotatable bonds is 3. The summed E-state index contributed by atoms with van der Waals surface area (Å²) in [5.74, 6) is -0.513. The van der Waals surface area contributed by atoms with Crippen LogP contribution >= 0.6 is 11.6 Å². The minimum absolute atomic E-state index is 0.228. The smallest absolute Gasteiger partial charge is 0.339 e. The molecule has 0 radical (unpaired) electrons. The largest absolute Gasteiger partial charge is 0.692 e. The quantitative estimate of drug-likeness (QED) is 0.491. The van der Waals surface area contributed by atoms with Crippen LogP contribution in [-0.2, 0) is 17.6 Å². The lowest BCUT2D eigenvalue weighted by atomic mass is 10.0. The Balaban J connectivity index is 2.01. The molecule has 0 bridgehead atoms. The maximum atomic E-state index is 12.4. The Morgan fingerprint density at radius 3 is 2.83 bits per heavy atom. The van der Waals surface area contributed by atoms with Crippen LogP contribution in [0.5, 0.6) is 0 Å². The molecule has 122 valence electrons. The number of hydrogen-bond donors (Lipinski definition) is 0. The second-order valence-electron chi connectivity index (χ2n) is 5.88. The van der Waals surface area contributed by atoms with Crippen LogP contribution in [0.4, 0.5) is 0 Å². The molecule has 0 amide bonds. The molecule has 0 unspecified atom stereocenters. The lowest BCUT2D eigenvalue weighted by Gasteiger charge is -2.11. The number of halogens is 1. The molecule has 23 heavy (non-hydrogen) atoms. The van der Waals surface area contributed by atoms with Crippen LogP contribution in [0.3, 0.4) is 0 Å². The number of carbonyl (C=O) groups is 1. The molecule has 6 nitrogen and oxygen atoms in total. The highest BCUT2D eigenvalue weighted by molar-refractivity contribution is 6.33. The first kappa shape index (κ1) is 15.8. The number of ether oxygens (including phenoxy) is 1. The summed E-state index contributed by atoms with van der Waals surface area (Å²) in [5.41, 5.74) is 2.26. The van der Waals surface area contributed by atoms with E-state index >= 15 is 0 Å². The Kier molecular flexibility index (Phi) is 4.26. The third-order valence-corrected chi connectivity index (χ3v) is 4.10. The lowest BCUT2D eigenvalue weighted by Crippen LogP contribution is -2.40. The molecule has 0 spiro atoms. The van der Waals surface area contributed by atoms with Crippen molar-refractivity contribution in [2.24, 2.45) is 0 Å². The number of aromatic nitrogens is 3. The Bertz CT molecular complexity index is 755. The molecule has 1 aromatic carbocycles. The summed E-state index contributed by atoms with van der Waals surface area (Å²) in [4.78, 5) is 14.2. The van der Waals surface area contributed by atoms with Gasteiger partial charge in [-0.15, -0.1) is 4.85 Å². The molecule has 2 aromatic rings. The van der Waals surface area contributed by atoms with Crippen molar-refractivity contribution in [2.45, 2.75) is 45.6 Å². The zero-order valence-electron chi connectivity index (χ0n) is 13.1. The molecule has 0 saturated heterocycles. The van der Waals surface area contributed by atoms with Gasteiger partial charge in [0.2, 0.25) is 5.69 Å². The Morgan fingerprint density at radius 2 is 2.13 bits per heavy atom. The summed E-state index contributed by atoms with van der Waals surface area (Å²) in [5, 5.41) is 17.1. The predicted molar refractivity (Wildman–Crippen MR) is 84.7 cm³/mol. The van der Waals surface area contributed by atoms with E-state index in [0.717, 1.165) is 36.2 Å². The fraction of sp³-hybridized carbons (Fsp3) is 0.438. The van der Waals surface area contributed by atoms with E-state index < -0.39 is 5.97 Å². The van der Waals surface area contributed by atoms with Gasteiger partial charge in [-0.05, 0) is 49.7 Å². The average Bonchev–Trinajstić information content (AvgIpc) is 2.85. The number of fused-ring (bicyclic) bond motifs is 1. The summed E-state index contributed by atoms with van der Waals surface area (Å²) >= 11 is 6.09. The number of esters is 1. The molecule has 1 aliphatic carbocycles. The molecule has 1 aromatic heterocycles. The highest BCUT2D eigenvalue weighted by Crippen LogP contribution is 2.22. The Labute approximate surface area is 139 Å². The average molecular weight is 336 g/mol. The monoisotopic (exact) mass is 335 g/mol. The fourth-order valence-electron chi connectivity index (χ4n) is 2.69. The number of carbonyl (C=O) groups excluding carboxylic acids is 1. The van der Waals surface area contributed by atoms with Crippen LogP contribution in [-0.4, -0.2) is 22.0 Å². The molecular formula is C16H18ClN3O3. The second-order valence-corrected chi connectivity index (χ2v) is 6.29. The van der Waals surface area contributed by atoms with E-state index in [2.05, 4.69) is 5.10 Å². The van der Waals surface area contributed by atoms with Crippen molar-refractivity contribution in [2.75, 3.05) is 0 Å². The zero-order valence-corrected chi connectivity index (χ0v) is 13.8. The van der Waals surface area contributed by atoms with Crippen LogP contribution in [0.2, 0.25) is 5.02 Å². The first-order chi connectivity index (χ1) is 11.0. The molecule has 0 N–H and O–H groups in total. The Hall–Kier alpha value is -2.08. The van der Waals surface area contributed by atoms with Gasteiger partial charge >= 0.3 is 5.97 Å². The van der Waals surface area contributed by atoms with Crippen LogP contribution in [0.1, 0.15) is 48.4 Å². The van der Waals surface area contributed by atoms with Crippen molar-refractivity contribution in [3.05, 3.63) is 45.4 Å². The van der Waals surface area contributed by atoms with E-state index in [1.165, 1.54) is 4.80 Å². The van der Waals surface area contributed by atoms with Gasteiger partial charge in [-0.3, -0.25) is 0 Å². The second kappa shape index (κ2) is 6.20. The first-order valence-electron chi connectivity index (χ1n) is 7.69. The topological polar surface area (TPSA) is 71.1 Å². The zero-order chi connectivity index (χ0) is 16.6. The fourth-order valence-corrected chi connectivity index (χ4v) is 2.89. The molecule has 3 rings (SSSR count). The van der Waals surface area contributed by atoms with Crippen LogP contribution < -0.4 is 4.85 Å². The van der Waals surface area contributed by atoms with Crippen molar-refractivity contribution in [3.63, 3.8) is 0 Å². The summed E-state index contributed by atoms with van der Waals surface area (Å²) in [6, 6.07) is 4.79. The summed E-state index contributed by atoms with van der Waals surface area (Å²) in [6.45, 7) is 3.53. The van der Waals surface area contributed by atoms with Gasteiger partial charge in [-0.25, -0.2) is 4.79 Å². The van der Waals surface area contributed by atoms with E-state index in [-0.39, 0.29) is 16.7 Å². The predicted octanol–water partition coefficient (Wildman–Crippen LogP) is 2.60. The number of nitrogens with zero attached hydrogens (tertiary/aromatic N) is 3. The van der Waals surface area contributed by atoms with Crippen LogP contribution in [0.15, 0.2) is 18.2 Å². The molecule has 0 atom stereocenters. The Morgan fingerprint density at radius 1 is 1.39 bits per heavy atom. The molecule has 1 heterocycles. The molecule has 0 aliphatic heterocycles. The third-order valence-electron chi connectivity index (χ3n) is 3.77. The summed E-state index contributed by atoms with van der Waals surface area (Å²) in [7, 11) is 0. The maximum Gasteiger partial charge on any atom is 0.339 e. The van der Waals surface area contributed by atoms with Gasteiger partial charge in [0.1, 0.15) is 5.69 Å². The van der Waals surface area contributed by atoms with Crippen molar-refractivity contribution in [3.8, 4) is 5.69 Å². The number of benzene rings is 1. The van der Waals surface area contributed by atoms with Crippen molar-refractivity contribution in [1.29, 1.82) is 0 Å². The van der Waals surface area contributed by atoms with Gasteiger partial charge < -0.3 is 9.94 Å². The molecule has 1 aliphatic rings. The van der Waals surface area contributed by atoms with Gasteiger partial charge in [0.15, 0.2) is 5.69 Å². The third kappa shape index (κ3) is 3.03. The standard InChI is InChI=1S/C16H18ClN3O3/c1-10(2)23-16(21)12-9-11(7-8-13(12)17)19-18-14-5-3-4-6-15(14)20(19)22/h7-10H,3-6H2,1-2H3. The number of hydrogen-bond acceptors (Lipinski definition) is 4. The van der Waals surface area contributed by atoms with E-state index in [4.69, 9.17) is 16.3 Å².